The first-order valence-electron chi connectivity index (χ1n) is 18.1. The molecule has 0 fully saturated rings. The number of aromatic nitrogens is 2. The topological polar surface area (TPSA) is 94.3 Å². The Kier molecular flexibility index (Phi) is 8.40. The number of fused-ring (bicyclic) bond motifs is 6. The Balaban J connectivity index is 1.49. The summed E-state index contributed by atoms with van der Waals surface area (Å²) in [7, 11) is 0. The zero-order valence-corrected chi connectivity index (χ0v) is 30.8. The Morgan fingerprint density at radius 3 is 1.43 bits per heavy atom. The molecule has 9 aromatic rings. The molecule has 0 saturated carbocycles. The molecule has 0 amide bonds. The van der Waals surface area contributed by atoms with Gasteiger partial charge in [0.2, 0.25) is 0 Å². The van der Waals surface area contributed by atoms with E-state index in [-0.39, 0.29) is 16.9 Å². The first kappa shape index (κ1) is 36.5. The molecule has 0 N–H and O–H groups in total. The Bertz CT molecular complexity index is 3480. The molecule has 2 aromatic heterocycles. The largest absolute Gasteiger partial charge is 0.415 e. The van der Waals surface area contributed by atoms with Gasteiger partial charge in [-0.1, -0.05) is 42.5 Å². The van der Waals surface area contributed by atoms with Crippen LogP contribution in [0.2, 0.25) is 0 Å². The standard InChI is InChI=1S/C49H21F3N8/c1-56-32-14-19-44-38(24-32)37-22-30(27-55)12-18-43(37)59(44)45-8-4-6-34(33-15-13-31(49(50,51)52)23-40(33)58-3)47(45)48-39(57-2)7-5-9-46(48)60-41-16-10-28(25-53)20-35(41)36-21-29(26-54)11-17-42(36)60/h4-24H. The number of benzene rings is 7. The third-order valence-electron chi connectivity index (χ3n) is 10.7. The molecule has 0 bridgehead atoms. The van der Waals surface area contributed by atoms with Crippen LogP contribution in [0.4, 0.5) is 30.2 Å². The van der Waals surface area contributed by atoms with Crippen LogP contribution >= 0.6 is 0 Å². The van der Waals surface area contributed by atoms with Crippen LogP contribution in [-0.2, 0) is 6.18 Å². The molecule has 60 heavy (non-hydrogen) atoms. The fourth-order valence-electron chi connectivity index (χ4n) is 8.14. The molecule has 0 aliphatic rings. The van der Waals surface area contributed by atoms with Crippen LogP contribution in [0.15, 0.2) is 127 Å². The van der Waals surface area contributed by atoms with Gasteiger partial charge in [0, 0.05) is 38.5 Å². The van der Waals surface area contributed by atoms with E-state index in [1.165, 1.54) is 6.07 Å². The lowest BCUT2D eigenvalue weighted by atomic mass is 9.89. The van der Waals surface area contributed by atoms with E-state index in [4.69, 9.17) is 19.7 Å². The fraction of sp³-hybridized carbons (Fsp3) is 0.0204. The molecule has 0 unspecified atom stereocenters. The van der Waals surface area contributed by atoms with Crippen LogP contribution in [0.3, 0.4) is 0 Å². The summed E-state index contributed by atoms with van der Waals surface area (Å²) in [4.78, 5) is 11.2. The highest BCUT2D eigenvalue weighted by Gasteiger charge is 2.32. The third kappa shape index (κ3) is 5.56. The van der Waals surface area contributed by atoms with Gasteiger partial charge in [0.15, 0.2) is 17.1 Å². The smallest absolute Gasteiger partial charge is 0.310 e. The van der Waals surface area contributed by atoms with Crippen molar-refractivity contribution < 1.29 is 13.2 Å². The van der Waals surface area contributed by atoms with Crippen LogP contribution in [-0.4, -0.2) is 9.13 Å². The second-order valence-electron chi connectivity index (χ2n) is 13.8. The van der Waals surface area contributed by atoms with Gasteiger partial charge in [0.1, 0.15) is 0 Å². The molecular formula is C49H21F3N8. The summed E-state index contributed by atoms with van der Waals surface area (Å²) >= 11 is 0. The number of nitrogens with zero attached hydrogens (tertiary/aromatic N) is 8. The second-order valence-corrected chi connectivity index (χ2v) is 13.8. The Hall–Kier alpha value is -9.13. The lowest BCUT2D eigenvalue weighted by Gasteiger charge is -2.23. The predicted molar refractivity (Wildman–Crippen MR) is 224 cm³/mol. The van der Waals surface area contributed by atoms with E-state index < -0.39 is 11.7 Å². The molecule has 8 nitrogen and oxygen atoms in total. The minimum absolute atomic E-state index is 0.192. The highest BCUT2D eigenvalue weighted by Crippen LogP contribution is 2.50. The maximum atomic E-state index is 14.1. The Morgan fingerprint density at radius 1 is 0.467 bits per heavy atom. The number of nitriles is 3. The molecule has 0 aliphatic heterocycles. The van der Waals surface area contributed by atoms with Crippen molar-refractivity contribution in [2.75, 3.05) is 0 Å². The summed E-state index contributed by atoms with van der Waals surface area (Å²) < 4.78 is 46.1. The van der Waals surface area contributed by atoms with Crippen LogP contribution < -0.4 is 0 Å². The third-order valence-corrected chi connectivity index (χ3v) is 10.7. The van der Waals surface area contributed by atoms with Crippen LogP contribution in [0, 0.1) is 53.7 Å². The van der Waals surface area contributed by atoms with Gasteiger partial charge < -0.3 is 9.13 Å². The summed E-state index contributed by atoms with van der Waals surface area (Å²) in [6, 6.07) is 40.9. The molecule has 0 radical (unpaired) electrons. The summed E-state index contributed by atoms with van der Waals surface area (Å²) in [5.74, 6) is 0. The SMILES string of the molecule is [C-]#[N+]c1ccc2c(c1)c1cc(C#N)ccc1n2-c1cccc(-c2ccc(C(F)(F)F)cc2[N+]#[C-])c1-c1c([N+]#[C-])cccc1-n1c2ccc(C#N)cc2c2cc(C#N)ccc21. The van der Waals surface area contributed by atoms with Gasteiger partial charge in [-0.05, 0) is 101 Å². The lowest BCUT2D eigenvalue weighted by molar-refractivity contribution is -0.137. The van der Waals surface area contributed by atoms with Crippen molar-refractivity contribution in [1.29, 1.82) is 15.8 Å². The van der Waals surface area contributed by atoms with Crippen molar-refractivity contribution in [2.45, 2.75) is 6.18 Å². The molecule has 7 aromatic carbocycles. The van der Waals surface area contributed by atoms with E-state index >= 15 is 0 Å². The van der Waals surface area contributed by atoms with E-state index in [1.807, 2.05) is 21.3 Å². The van der Waals surface area contributed by atoms with Gasteiger partial charge in [-0.2, -0.15) is 29.0 Å². The van der Waals surface area contributed by atoms with Crippen LogP contribution in [0.25, 0.3) is 91.8 Å². The van der Waals surface area contributed by atoms with Gasteiger partial charge in [-0.3, -0.25) is 0 Å². The maximum absolute atomic E-state index is 14.1. The van der Waals surface area contributed by atoms with Crippen molar-refractivity contribution >= 4 is 60.7 Å². The number of rotatable bonds is 4. The molecule has 0 spiro atoms. The maximum Gasteiger partial charge on any atom is 0.415 e. The van der Waals surface area contributed by atoms with E-state index in [1.54, 1.807) is 97.1 Å². The van der Waals surface area contributed by atoms with E-state index in [2.05, 4.69) is 32.7 Å². The molecule has 278 valence electrons. The lowest BCUT2D eigenvalue weighted by Crippen LogP contribution is -2.05. The number of halogens is 3. The molecule has 0 aliphatic carbocycles. The fourth-order valence-corrected chi connectivity index (χ4v) is 8.14. The molecule has 9 rings (SSSR count). The number of alkyl halides is 3. The zero-order valence-electron chi connectivity index (χ0n) is 30.8. The normalized spacial score (nSPS) is 11.2. The van der Waals surface area contributed by atoms with Crippen molar-refractivity contribution in [3.63, 3.8) is 0 Å². The number of hydrogen-bond acceptors (Lipinski definition) is 3. The average molecular weight is 779 g/mol. The van der Waals surface area contributed by atoms with Crippen molar-refractivity contribution in [3.8, 4) is 51.8 Å². The monoisotopic (exact) mass is 778 g/mol. The zero-order chi connectivity index (χ0) is 41.9. The van der Waals surface area contributed by atoms with Gasteiger partial charge in [-0.15, -0.1) is 0 Å². The summed E-state index contributed by atoms with van der Waals surface area (Å²) in [6.45, 7) is 24.4. The summed E-state index contributed by atoms with van der Waals surface area (Å²) in [6.07, 6.45) is -4.71. The molecule has 11 heteroatoms. The van der Waals surface area contributed by atoms with Crippen molar-refractivity contribution in [1.82, 2.24) is 9.13 Å². The van der Waals surface area contributed by atoms with E-state index in [0.29, 0.717) is 94.1 Å². The van der Waals surface area contributed by atoms with Gasteiger partial charge in [-0.25, -0.2) is 14.5 Å². The van der Waals surface area contributed by atoms with Crippen molar-refractivity contribution in [3.05, 3.63) is 184 Å². The first-order valence-corrected chi connectivity index (χ1v) is 18.1. The van der Waals surface area contributed by atoms with Crippen molar-refractivity contribution in [2.24, 2.45) is 0 Å². The quantitative estimate of drug-likeness (QED) is 0.166. The minimum atomic E-state index is -4.71. The number of hydrogen-bond donors (Lipinski definition) is 0. The highest BCUT2D eigenvalue weighted by molar-refractivity contribution is 6.14. The van der Waals surface area contributed by atoms with Crippen LogP contribution in [0.5, 0.6) is 0 Å². The van der Waals surface area contributed by atoms with Crippen LogP contribution in [0.1, 0.15) is 22.3 Å². The van der Waals surface area contributed by atoms with E-state index in [0.717, 1.165) is 12.1 Å². The second kappa shape index (κ2) is 13.8. The Labute approximate surface area is 339 Å². The van der Waals surface area contributed by atoms with Gasteiger partial charge >= 0.3 is 6.18 Å². The first-order chi connectivity index (χ1) is 29.1. The highest BCUT2D eigenvalue weighted by atomic mass is 19.4. The van der Waals surface area contributed by atoms with E-state index in [9.17, 15) is 29.0 Å². The molecule has 0 atom stereocenters. The molecule has 2 heterocycles. The average Bonchev–Trinajstić information content (AvgIpc) is 3.78. The molecule has 0 saturated heterocycles. The summed E-state index contributed by atoms with van der Waals surface area (Å²) in [5.41, 5.74) is 5.50. The van der Waals surface area contributed by atoms with Gasteiger partial charge in [0.25, 0.3) is 0 Å². The molecular weight excluding hydrogens is 758 g/mol. The minimum Gasteiger partial charge on any atom is -0.310 e. The summed E-state index contributed by atoms with van der Waals surface area (Å²) in [5, 5.41) is 32.3. The predicted octanol–water partition coefficient (Wildman–Crippen LogP) is 13.5. The Morgan fingerprint density at radius 2 is 0.950 bits per heavy atom. The van der Waals surface area contributed by atoms with Gasteiger partial charge in [0.05, 0.1) is 82.4 Å².